The van der Waals surface area contributed by atoms with E-state index in [0.29, 0.717) is 83.4 Å². The van der Waals surface area contributed by atoms with Crippen molar-refractivity contribution >= 4 is 23.8 Å². The molecule has 6 unspecified atom stereocenters. The number of unbranched alkanes of at least 4 members (excludes halogenated alkanes) is 2. The minimum atomic E-state index is -1.64. The van der Waals surface area contributed by atoms with Crippen LogP contribution in [0.1, 0.15) is 83.5 Å². The number of rotatable bonds is 26. The number of ether oxygens (including phenoxy) is 7. The van der Waals surface area contributed by atoms with Crippen molar-refractivity contribution < 1.29 is 62.7 Å². The Labute approximate surface area is 441 Å². The topological polar surface area (TPSA) is 207 Å². The zero-order valence-electron chi connectivity index (χ0n) is 42.2. The van der Waals surface area contributed by atoms with E-state index in [9.17, 15) is 25.1 Å². The lowest BCUT2D eigenvalue weighted by molar-refractivity contribution is -0.384. The SMILES string of the molecule is C=CCOC12Oc3ccc(Oc4cccc(C=O)c4)cc3C3C(CCCCO)C(CCCCO)C=C(C(=NOCc4ccc([N+](=O)[O-])cc4)CC1N(Cc1ccc4c(c1)OCO4)C(=O)OCCOCc1ccccc1)C32. The maximum atomic E-state index is 15.2. The van der Waals surface area contributed by atoms with Gasteiger partial charge in [0.25, 0.3) is 5.69 Å². The lowest BCUT2D eigenvalue weighted by Gasteiger charge is -2.59. The van der Waals surface area contributed by atoms with Gasteiger partial charge in [-0.2, -0.15) is 0 Å². The molecule has 2 N–H and O–H groups in total. The number of benzene rings is 5. The number of amides is 1. The molecule has 76 heavy (non-hydrogen) atoms. The van der Waals surface area contributed by atoms with Crippen molar-refractivity contribution in [1.29, 1.82) is 0 Å². The highest BCUT2D eigenvalue weighted by Crippen LogP contribution is 2.62. The fourth-order valence-corrected chi connectivity index (χ4v) is 11.0. The molecule has 1 fully saturated rings. The van der Waals surface area contributed by atoms with Gasteiger partial charge in [-0.25, -0.2) is 4.79 Å². The predicted octanol–water partition coefficient (Wildman–Crippen LogP) is 10.6. The number of oxime groups is 1. The Hall–Kier alpha value is -7.57. The van der Waals surface area contributed by atoms with Crippen LogP contribution in [0.15, 0.2) is 145 Å². The van der Waals surface area contributed by atoms with Crippen molar-refractivity contribution in [3.63, 3.8) is 0 Å². The first-order chi connectivity index (χ1) is 37.2. The Balaban J connectivity index is 1.19. The van der Waals surface area contributed by atoms with Crippen LogP contribution < -0.4 is 18.9 Å². The summed E-state index contributed by atoms with van der Waals surface area (Å²) in [6, 6.07) is 32.8. The van der Waals surface area contributed by atoms with E-state index in [1.54, 1.807) is 59.5 Å². The van der Waals surface area contributed by atoms with Crippen molar-refractivity contribution in [1.82, 2.24) is 4.90 Å². The van der Waals surface area contributed by atoms with Gasteiger partial charge < -0.3 is 48.2 Å². The predicted molar refractivity (Wildman–Crippen MR) is 280 cm³/mol. The highest BCUT2D eigenvalue weighted by molar-refractivity contribution is 6.03. The highest BCUT2D eigenvalue weighted by atomic mass is 16.7. The lowest BCUT2D eigenvalue weighted by atomic mass is 9.55. The second-order valence-corrected chi connectivity index (χ2v) is 19.2. The third kappa shape index (κ3) is 12.2. The summed E-state index contributed by atoms with van der Waals surface area (Å²) in [6.45, 7) is 4.53. The molecule has 0 bridgehead atoms. The first-order valence-electron chi connectivity index (χ1n) is 25.8. The molecule has 17 heteroatoms. The second-order valence-electron chi connectivity index (χ2n) is 19.2. The second kappa shape index (κ2) is 25.3. The zero-order valence-corrected chi connectivity index (χ0v) is 42.2. The molecule has 0 saturated heterocycles. The quantitative estimate of drug-likeness (QED) is 0.0174. The molecule has 0 aromatic heterocycles. The molecule has 2 aliphatic heterocycles. The van der Waals surface area contributed by atoms with E-state index in [1.165, 1.54) is 12.1 Å². The van der Waals surface area contributed by atoms with Crippen molar-refractivity contribution in [3.8, 4) is 28.7 Å². The molecule has 9 rings (SSSR count). The average Bonchev–Trinajstić information content (AvgIpc) is 4.03. The Morgan fingerprint density at radius 1 is 0.829 bits per heavy atom. The number of carbonyl (C=O) groups is 2. The molecular weight excluding hydrogens is 975 g/mol. The standard InChI is InChI=1S/C59H63N3O14/c1-2-27-73-59-55(61(35-42-19-23-53-54(31-42)72-39-71-53)58(66)70-29-28-69-37-40-11-4-3-5-12-40)34-51(60-74-38-41-17-20-45(21-18-41)62(67)68)49-32-44(14-6-8-25-63)48(16-7-9-26-64)56(57(49)59)50-33-47(22-24-52(50)76-59)75-46-15-10-13-43(30-46)36-65/h2-5,10-13,15,17-24,30-33,36,44,48,55-57,63-64H,1,6-9,14,16,25-29,34-35,37-39H2. The van der Waals surface area contributed by atoms with Crippen molar-refractivity contribution in [3.05, 3.63) is 177 Å². The summed E-state index contributed by atoms with van der Waals surface area (Å²) in [7, 11) is 0. The van der Waals surface area contributed by atoms with Gasteiger partial charge in [0.05, 0.1) is 36.4 Å². The van der Waals surface area contributed by atoms with Crippen LogP contribution in [0.3, 0.4) is 0 Å². The fourth-order valence-electron chi connectivity index (χ4n) is 11.0. The molecule has 1 amide bonds. The maximum Gasteiger partial charge on any atom is 0.410 e. The van der Waals surface area contributed by atoms with Gasteiger partial charge in [-0.05, 0) is 114 Å². The van der Waals surface area contributed by atoms with Crippen LogP contribution in [0.2, 0.25) is 0 Å². The first-order valence-corrected chi connectivity index (χ1v) is 25.8. The van der Waals surface area contributed by atoms with Gasteiger partial charge in [-0.15, -0.1) is 6.58 Å². The van der Waals surface area contributed by atoms with E-state index in [1.807, 2.05) is 54.6 Å². The van der Waals surface area contributed by atoms with Gasteiger partial charge in [0.15, 0.2) is 11.5 Å². The number of nitro groups is 1. The largest absolute Gasteiger partial charge is 0.459 e. The molecule has 398 valence electrons. The summed E-state index contributed by atoms with van der Waals surface area (Å²) in [6.07, 6.45) is 8.04. The fraction of sp³-hybridized carbons (Fsp3) is 0.373. The van der Waals surface area contributed by atoms with E-state index in [0.717, 1.165) is 35.8 Å². The van der Waals surface area contributed by atoms with Gasteiger partial charge in [0, 0.05) is 55.4 Å². The van der Waals surface area contributed by atoms with Crippen LogP contribution in [0.25, 0.3) is 0 Å². The molecule has 4 aliphatic rings. The number of fused-ring (bicyclic) bond motifs is 3. The van der Waals surface area contributed by atoms with Gasteiger partial charge >= 0.3 is 6.09 Å². The average molecular weight is 1040 g/mol. The molecule has 2 aliphatic carbocycles. The molecule has 0 spiro atoms. The van der Waals surface area contributed by atoms with Crippen LogP contribution in [-0.4, -0.2) is 89.8 Å². The summed E-state index contributed by atoms with van der Waals surface area (Å²) < 4.78 is 44.7. The summed E-state index contributed by atoms with van der Waals surface area (Å²) in [5.74, 6) is -0.302. The lowest BCUT2D eigenvalue weighted by Crippen LogP contribution is -2.70. The Bertz CT molecular complexity index is 2880. The summed E-state index contributed by atoms with van der Waals surface area (Å²) in [4.78, 5) is 45.9. The van der Waals surface area contributed by atoms with E-state index in [4.69, 9.17) is 43.2 Å². The third-order valence-electron chi connectivity index (χ3n) is 14.4. The maximum absolute atomic E-state index is 15.2. The van der Waals surface area contributed by atoms with Crippen LogP contribution in [0, 0.1) is 27.9 Å². The number of carbonyl (C=O) groups excluding carboxylic acids is 2. The number of aliphatic hydroxyl groups is 2. The van der Waals surface area contributed by atoms with Gasteiger partial charge in [-0.3, -0.25) is 19.8 Å². The van der Waals surface area contributed by atoms with E-state index in [2.05, 4.69) is 12.7 Å². The van der Waals surface area contributed by atoms with Crippen LogP contribution in [0.5, 0.6) is 28.7 Å². The molecule has 0 radical (unpaired) electrons. The summed E-state index contributed by atoms with van der Waals surface area (Å²) in [5, 5.41) is 36.6. The Morgan fingerprint density at radius 3 is 2.36 bits per heavy atom. The number of non-ortho nitro benzene ring substituents is 1. The number of nitro benzene ring substituents is 1. The summed E-state index contributed by atoms with van der Waals surface area (Å²) in [5.41, 5.74) is 4.88. The van der Waals surface area contributed by atoms with Gasteiger partial charge in [0.2, 0.25) is 12.6 Å². The van der Waals surface area contributed by atoms with Gasteiger partial charge in [0.1, 0.15) is 42.8 Å². The molecule has 6 atom stereocenters. The minimum Gasteiger partial charge on any atom is -0.459 e. The highest BCUT2D eigenvalue weighted by Gasteiger charge is 2.66. The number of hydrogen-bond donors (Lipinski definition) is 2. The van der Waals surface area contributed by atoms with Crippen LogP contribution in [0.4, 0.5) is 10.5 Å². The third-order valence-corrected chi connectivity index (χ3v) is 14.4. The first kappa shape index (κ1) is 53.3. The van der Waals surface area contributed by atoms with E-state index in [-0.39, 0.29) is 76.9 Å². The molecular formula is C59H63N3O14. The molecule has 5 aromatic rings. The van der Waals surface area contributed by atoms with E-state index < -0.39 is 34.7 Å². The molecule has 1 saturated carbocycles. The zero-order chi connectivity index (χ0) is 52.9. The van der Waals surface area contributed by atoms with Crippen molar-refractivity contribution in [2.24, 2.45) is 22.9 Å². The summed E-state index contributed by atoms with van der Waals surface area (Å²) >= 11 is 0. The number of nitrogens with zero attached hydrogens (tertiary/aromatic N) is 3. The number of allylic oxidation sites excluding steroid dienone is 1. The monoisotopic (exact) mass is 1040 g/mol. The molecule has 2 heterocycles. The molecule has 5 aromatic carbocycles. The number of hydrogen-bond acceptors (Lipinski definition) is 15. The Kier molecular flexibility index (Phi) is 17.7. The van der Waals surface area contributed by atoms with Crippen molar-refractivity contribution in [2.75, 3.05) is 39.8 Å². The van der Waals surface area contributed by atoms with Crippen molar-refractivity contribution in [2.45, 2.75) is 82.5 Å². The Morgan fingerprint density at radius 2 is 1.58 bits per heavy atom. The molecule has 17 nitrogen and oxygen atoms in total. The minimum absolute atomic E-state index is 0.00411. The van der Waals surface area contributed by atoms with E-state index >= 15 is 4.79 Å². The van der Waals surface area contributed by atoms with Crippen LogP contribution in [-0.2, 0) is 38.8 Å². The number of aliphatic hydroxyl groups excluding tert-OH is 2. The smallest absolute Gasteiger partial charge is 0.410 e. The normalized spacial score (nSPS) is 21.3. The van der Waals surface area contributed by atoms with Crippen LogP contribution >= 0.6 is 0 Å². The number of aldehydes is 1. The van der Waals surface area contributed by atoms with Gasteiger partial charge in [-0.1, -0.05) is 78.7 Å².